The average molecular weight is 318 g/mol. The third-order valence-electron chi connectivity index (χ3n) is 2.84. The number of benzene rings is 1. The van der Waals surface area contributed by atoms with Gasteiger partial charge in [-0.1, -0.05) is 41.9 Å². The molecule has 1 aromatic carbocycles. The Balaban J connectivity index is 1.97. The van der Waals surface area contributed by atoms with Crippen LogP contribution in [-0.4, -0.2) is 15.0 Å². The van der Waals surface area contributed by atoms with Crippen molar-refractivity contribution in [1.82, 2.24) is 15.0 Å². The number of nitrogens with zero attached hydrogens (tertiary/aromatic N) is 3. The summed E-state index contributed by atoms with van der Waals surface area (Å²) >= 11 is 7.49. The van der Waals surface area contributed by atoms with Crippen LogP contribution in [0, 0.1) is 0 Å². The van der Waals surface area contributed by atoms with Gasteiger partial charge >= 0.3 is 0 Å². The summed E-state index contributed by atoms with van der Waals surface area (Å²) < 4.78 is 0. The van der Waals surface area contributed by atoms with Crippen LogP contribution >= 0.6 is 22.9 Å². The zero-order chi connectivity index (χ0) is 14.7. The molecule has 0 amide bonds. The maximum Gasteiger partial charge on any atom is 0.223 e. The molecule has 1 atom stereocenters. The number of thiazole rings is 1. The summed E-state index contributed by atoms with van der Waals surface area (Å²) in [6.45, 7) is 0. The van der Waals surface area contributed by atoms with E-state index in [-0.39, 0.29) is 12.0 Å². The van der Waals surface area contributed by atoms with Crippen molar-refractivity contribution in [2.24, 2.45) is 0 Å². The molecule has 0 bridgehead atoms. The monoisotopic (exact) mass is 317 g/mol. The van der Waals surface area contributed by atoms with E-state index >= 15 is 0 Å². The minimum atomic E-state index is -0.114. The normalized spacial score (nSPS) is 12.0. The molecule has 0 aliphatic heterocycles. The first-order chi connectivity index (χ1) is 10.2. The third-order valence-corrected chi connectivity index (χ3v) is 3.87. The van der Waals surface area contributed by atoms with E-state index in [1.165, 1.54) is 0 Å². The van der Waals surface area contributed by atoms with Gasteiger partial charge in [0.2, 0.25) is 5.95 Å². The van der Waals surface area contributed by atoms with Crippen molar-refractivity contribution >= 4 is 34.7 Å². The lowest BCUT2D eigenvalue weighted by Gasteiger charge is -2.17. The highest BCUT2D eigenvalue weighted by atomic mass is 35.5. The van der Waals surface area contributed by atoms with Gasteiger partial charge in [0.05, 0.1) is 0 Å². The summed E-state index contributed by atoms with van der Waals surface area (Å²) in [5.74, 6) is 0.701. The van der Waals surface area contributed by atoms with Gasteiger partial charge in [-0.3, -0.25) is 0 Å². The molecule has 2 aromatic heterocycles. The minimum Gasteiger partial charge on any atom is -0.368 e. The Morgan fingerprint density at radius 1 is 1.19 bits per heavy atom. The van der Waals surface area contributed by atoms with Gasteiger partial charge in [-0.25, -0.2) is 9.97 Å². The van der Waals surface area contributed by atoms with Crippen LogP contribution in [0.5, 0.6) is 0 Å². The van der Waals surface area contributed by atoms with Crippen molar-refractivity contribution in [1.29, 1.82) is 0 Å². The lowest BCUT2D eigenvalue weighted by molar-refractivity contribution is 0.908. The van der Waals surface area contributed by atoms with Gasteiger partial charge in [-0.2, -0.15) is 4.98 Å². The van der Waals surface area contributed by atoms with Crippen molar-refractivity contribution in [3.05, 3.63) is 63.7 Å². The SMILES string of the molecule is Nc1nc(Cl)cc(NC(c2ccccc2)c2nccs2)n1. The predicted molar refractivity (Wildman–Crippen MR) is 85.5 cm³/mol. The van der Waals surface area contributed by atoms with Gasteiger partial charge in [0.25, 0.3) is 0 Å². The summed E-state index contributed by atoms with van der Waals surface area (Å²) in [6, 6.07) is 11.5. The highest BCUT2D eigenvalue weighted by molar-refractivity contribution is 7.09. The first-order valence-electron chi connectivity index (χ1n) is 6.23. The Bertz CT molecular complexity index is 697. The molecule has 5 nitrogen and oxygen atoms in total. The predicted octanol–water partition coefficient (Wildman–Crippen LogP) is 3.37. The van der Waals surface area contributed by atoms with Crippen LogP contribution in [0.15, 0.2) is 48.0 Å². The lowest BCUT2D eigenvalue weighted by atomic mass is 10.1. The number of hydrogen-bond acceptors (Lipinski definition) is 6. The lowest BCUT2D eigenvalue weighted by Crippen LogP contribution is -2.13. The quantitative estimate of drug-likeness (QED) is 0.721. The van der Waals surface area contributed by atoms with E-state index in [2.05, 4.69) is 20.3 Å². The van der Waals surface area contributed by atoms with Crippen LogP contribution < -0.4 is 11.1 Å². The summed E-state index contributed by atoms with van der Waals surface area (Å²) in [6.07, 6.45) is 1.78. The zero-order valence-electron chi connectivity index (χ0n) is 10.9. The van der Waals surface area contributed by atoms with Crippen LogP contribution in [0.3, 0.4) is 0 Å². The molecule has 1 unspecified atom stereocenters. The van der Waals surface area contributed by atoms with Crippen molar-refractivity contribution < 1.29 is 0 Å². The highest BCUT2D eigenvalue weighted by Crippen LogP contribution is 2.28. The summed E-state index contributed by atoms with van der Waals surface area (Å²) in [5, 5.41) is 6.49. The van der Waals surface area contributed by atoms with Gasteiger partial charge in [-0.05, 0) is 5.56 Å². The Hall–Kier alpha value is -2.18. The molecule has 3 rings (SSSR count). The second-order valence-electron chi connectivity index (χ2n) is 4.29. The molecule has 7 heteroatoms. The molecule has 2 heterocycles. The highest BCUT2D eigenvalue weighted by Gasteiger charge is 2.17. The van der Waals surface area contributed by atoms with Crippen LogP contribution in [0.4, 0.5) is 11.8 Å². The number of aromatic nitrogens is 3. The molecule has 106 valence electrons. The van der Waals surface area contributed by atoms with Crippen molar-refractivity contribution in [3.63, 3.8) is 0 Å². The van der Waals surface area contributed by atoms with Crippen molar-refractivity contribution in [2.45, 2.75) is 6.04 Å². The Morgan fingerprint density at radius 3 is 2.67 bits per heavy atom. The number of anilines is 2. The Morgan fingerprint density at radius 2 is 2.00 bits per heavy atom. The first-order valence-corrected chi connectivity index (χ1v) is 7.49. The molecule has 3 N–H and O–H groups in total. The van der Waals surface area contributed by atoms with Gasteiger partial charge < -0.3 is 11.1 Å². The topological polar surface area (TPSA) is 76.7 Å². The summed E-state index contributed by atoms with van der Waals surface area (Å²) in [7, 11) is 0. The summed E-state index contributed by atoms with van der Waals surface area (Å²) in [5.41, 5.74) is 6.72. The number of nitrogens with one attached hydrogen (secondary N) is 1. The maximum atomic E-state index is 5.92. The standard InChI is InChI=1S/C14H12ClN5S/c15-10-8-11(20-14(16)18-10)19-12(13-17-6-7-21-13)9-4-2-1-3-5-9/h1-8,12H,(H3,16,18,19,20). The minimum absolute atomic E-state index is 0.114. The van der Waals surface area contributed by atoms with Gasteiger partial charge in [-0.15, -0.1) is 11.3 Å². The van der Waals surface area contributed by atoms with E-state index in [0.717, 1.165) is 10.6 Å². The molecule has 0 fully saturated rings. The number of nitrogens with two attached hydrogens (primary N) is 1. The molecule has 0 spiro atoms. The molecule has 0 saturated heterocycles. The fourth-order valence-corrected chi connectivity index (χ4v) is 2.87. The number of hydrogen-bond donors (Lipinski definition) is 2. The average Bonchev–Trinajstić information content (AvgIpc) is 2.98. The van der Waals surface area contributed by atoms with E-state index in [4.69, 9.17) is 17.3 Å². The molecule has 0 aliphatic carbocycles. The summed E-state index contributed by atoms with van der Waals surface area (Å²) in [4.78, 5) is 12.4. The van der Waals surface area contributed by atoms with Crippen LogP contribution in [0.25, 0.3) is 0 Å². The Labute approximate surface area is 130 Å². The van der Waals surface area contributed by atoms with Gasteiger partial charge in [0.1, 0.15) is 22.0 Å². The second kappa shape index (κ2) is 6.07. The molecule has 0 aliphatic rings. The van der Waals surface area contributed by atoms with Crippen LogP contribution in [0.1, 0.15) is 16.6 Å². The van der Waals surface area contributed by atoms with E-state index < -0.39 is 0 Å². The maximum absolute atomic E-state index is 5.92. The van der Waals surface area contributed by atoms with Gasteiger partial charge in [0.15, 0.2) is 0 Å². The first kappa shape index (κ1) is 13.8. The zero-order valence-corrected chi connectivity index (χ0v) is 12.5. The fourth-order valence-electron chi connectivity index (χ4n) is 1.97. The number of halogens is 1. The molecular weight excluding hydrogens is 306 g/mol. The molecule has 0 radical (unpaired) electrons. The largest absolute Gasteiger partial charge is 0.368 e. The second-order valence-corrected chi connectivity index (χ2v) is 5.61. The Kier molecular flexibility index (Phi) is 3.98. The van der Waals surface area contributed by atoms with Crippen molar-refractivity contribution in [2.75, 3.05) is 11.1 Å². The van der Waals surface area contributed by atoms with Gasteiger partial charge in [0, 0.05) is 17.6 Å². The number of rotatable bonds is 4. The molecule has 0 saturated carbocycles. The smallest absolute Gasteiger partial charge is 0.223 e. The van der Waals surface area contributed by atoms with E-state index in [1.54, 1.807) is 23.6 Å². The van der Waals surface area contributed by atoms with E-state index in [9.17, 15) is 0 Å². The van der Waals surface area contributed by atoms with Crippen molar-refractivity contribution in [3.8, 4) is 0 Å². The van der Waals surface area contributed by atoms with E-state index in [1.807, 2.05) is 35.7 Å². The van der Waals surface area contributed by atoms with E-state index in [0.29, 0.717) is 11.0 Å². The molecule has 3 aromatic rings. The third kappa shape index (κ3) is 3.29. The molecule has 21 heavy (non-hydrogen) atoms. The van der Waals surface area contributed by atoms with Crippen LogP contribution in [0.2, 0.25) is 5.15 Å². The molecular formula is C14H12ClN5S. The van der Waals surface area contributed by atoms with Crippen LogP contribution in [-0.2, 0) is 0 Å². The number of nitrogen functional groups attached to an aromatic ring is 1. The fraction of sp³-hybridized carbons (Fsp3) is 0.0714.